The maximum atomic E-state index is 10.4. The molecule has 0 bridgehead atoms. The van der Waals surface area contributed by atoms with E-state index in [9.17, 15) is 4.79 Å². The summed E-state index contributed by atoms with van der Waals surface area (Å²) in [4.78, 5) is 12.4. The molecule has 0 aliphatic rings. The Balaban J connectivity index is 0. The monoisotopic (exact) mass is 301 g/mol. The predicted octanol–water partition coefficient (Wildman–Crippen LogP) is 2.18. The van der Waals surface area contributed by atoms with E-state index in [1.54, 1.807) is 6.92 Å². The fourth-order valence-electron chi connectivity index (χ4n) is 0.205. The number of hydrogen-bond donors (Lipinski definition) is 0. The van der Waals surface area contributed by atoms with Crippen LogP contribution in [0, 0.1) is 0 Å². The van der Waals surface area contributed by atoms with Crippen molar-refractivity contribution in [1.29, 1.82) is 0 Å². The maximum Gasteiger partial charge on any atom is 0.425 e. The molecule has 0 N–H and O–H groups in total. The van der Waals surface area contributed by atoms with Gasteiger partial charge in [0.25, 0.3) is 5.87 Å². The molecule has 0 aliphatic carbocycles. The fraction of sp³-hybridized carbons (Fsp3) is 0.833. The average Bonchev–Trinajstić information content (AvgIpc) is 1.86. The van der Waals surface area contributed by atoms with Gasteiger partial charge in [0, 0.05) is 0 Å². The molecule has 0 fully saturated rings. The zero-order valence-electron chi connectivity index (χ0n) is 7.80. The first-order chi connectivity index (χ1) is 5.41. The van der Waals surface area contributed by atoms with Crippen LogP contribution in [-0.2, 0) is 4.74 Å². The molecule has 0 aliphatic heterocycles. The van der Waals surface area contributed by atoms with Crippen LogP contribution in [0.3, 0.4) is 0 Å². The molecule has 0 heterocycles. The molecule has 6 heteroatoms. The Morgan fingerprint density at radius 3 is 1.83 bits per heavy atom. The van der Waals surface area contributed by atoms with Gasteiger partial charge < -0.3 is 9.64 Å². The van der Waals surface area contributed by atoms with E-state index in [0.717, 1.165) is 0 Å². The average molecular weight is 303 g/mol. The molecule has 3 nitrogen and oxygen atoms in total. The fourth-order valence-corrected chi connectivity index (χ4v) is 0.470. The Hall–Kier alpha value is 0.455. The zero-order chi connectivity index (χ0) is 10.1. The van der Waals surface area contributed by atoms with Gasteiger partial charge in [0.1, 0.15) is 0 Å². The second-order valence-corrected chi connectivity index (χ2v) is 5.45. The lowest BCUT2D eigenvalue weighted by Gasteiger charge is -1.96. The quantitative estimate of drug-likeness (QED) is 0.732. The van der Waals surface area contributed by atoms with Gasteiger partial charge in [-0.3, -0.25) is 4.79 Å². The first-order valence-corrected chi connectivity index (χ1v) is 5.30. The van der Waals surface area contributed by atoms with Crippen LogP contribution in [0.2, 0.25) is 0 Å². The Morgan fingerprint density at radius 2 is 1.75 bits per heavy atom. The van der Waals surface area contributed by atoms with Crippen molar-refractivity contribution in [3.8, 4) is 0 Å². The van der Waals surface area contributed by atoms with Crippen molar-refractivity contribution in [3.63, 3.8) is 0 Å². The summed E-state index contributed by atoms with van der Waals surface area (Å²) in [6, 6.07) is 0. The van der Waals surface area contributed by atoms with E-state index >= 15 is 0 Å². The summed E-state index contributed by atoms with van der Waals surface area (Å²) >= 11 is 5.97. The predicted molar refractivity (Wildman–Crippen MR) is 60.2 cm³/mol. The van der Waals surface area contributed by atoms with Crippen molar-refractivity contribution in [2.45, 2.75) is 6.92 Å². The molecule has 12 heavy (non-hydrogen) atoms. The van der Waals surface area contributed by atoms with Crippen LogP contribution < -0.4 is 0 Å². The highest BCUT2D eigenvalue weighted by molar-refractivity contribution is 9.50. The summed E-state index contributed by atoms with van der Waals surface area (Å²) in [6.45, 7) is 2.19. The van der Waals surface area contributed by atoms with Gasteiger partial charge in [0.05, 0.1) is 6.61 Å². The van der Waals surface area contributed by atoms with E-state index in [0.29, 0.717) is 6.61 Å². The van der Waals surface area contributed by atoms with E-state index in [1.165, 1.54) is 0 Å². The molecule has 0 unspecified atom stereocenters. The molecule has 0 rings (SSSR count). The molecule has 0 saturated heterocycles. The number of rotatable bonds is 2. The third-order valence-electron chi connectivity index (χ3n) is 0.465. The van der Waals surface area contributed by atoms with Gasteiger partial charge in [-0.1, -0.05) is 0 Å². The van der Waals surface area contributed by atoms with E-state index in [4.69, 9.17) is 0 Å². The number of nitrogens with zero attached hydrogens (tertiary/aromatic N) is 1. The number of hydrogen-bond acceptors (Lipinski definition) is 3. The third kappa shape index (κ3) is 16.8. The van der Waals surface area contributed by atoms with Crippen LogP contribution in [0.25, 0.3) is 0 Å². The summed E-state index contributed by atoms with van der Waals surface area (Å²) < 4.78 is 4.20. The zero-order valence-corrected chi connectivity index (χ0v) is 11.0. The molecule has 0 aromatic carbocycles. The summed E-state index contributed by atoms with van der Waals surface area (Å²) in [7, 11) is 6.00. The topological polar surface area (TPSA) is 29.5 Å². The highest BCUT2D eigenvalue weighted by Gasteiger charge is 2.16. The smallest absolute Gasteiger partial charge is 0.425 e. The summed E-state index contributed by atoms with van der Waals surface area (Å²) in [5.41, 5.74) is 0. The van der Waals surface area contributed by atoms with E-state index in [2.05, 4.69) is 36.3 Å². The van der Waals surface area contributed by atoms with Gasteiger partial charge in [-0.2, -0.15) is 0 Å². The van der Waals surface area contributed by atoms with Crippen LogP contribution in [0.1, 0.15) is 6.92 Å². The first-order valence-electron chi connectivity index (χ1n) is 3.47. The van der Waals surface area contributed by atoms with Crippen LogP contribution in [0.5, 0.6) is 0 Å². The molecule has 0 amide bonds. The Kier molecular flexibility index (Phi) is 11.9. The lowest BCUT2D eigenvalue weighted by molar-refractivity contribution is 0.179. The molecule has 0 radical (unpaired) electrons. The second-order valence-electron chi connectivity index (χ2n) is 2.39. The molecular formula is C6H14BBr2NO2. The lowest BCUT2D eigenvalue weighted by atomic mass is 10.2. The van der Waals surface area contributed by atoms with Gasteiger partial charge in [-0.25, -0.2) is 0 Å². The lowest BCUT2D eigenvalue weighted by Crippen LogP contribution is -2.12. The summed E-state index contributed by atoms with van der Waals surface area (Å²) in [5.74, 6) is -0.285. The molecule has 0 spiro atoms. The molecule has 0 atom stereocenters. The minimum atomic E-state index is -0.366. The standard InChI is InChI=1S/C3H5BBr2O2.C3H9N/c1-2-8-3(7)4(5)6;1-4(2)3/h2H2,1H3;1-3H3. The van der Waals surface area contributed by atoms with Crippen molar-refractivity contribution < 1.29 is 9.53 Å². The Morgan fingerprint density at radius 1 is 1.42 bits per heavy atom. The second kappa shape index (κ2) is 9.54. The largest absolute Gasteiger partial charge is 0.472 e. The van der Waals surface area contributed by atoms with Gasteiger partial charge in [-0.05, 0) is 28.1 Å². The van der Waals surface area contributed by atoms with Crippen LogP contribution in [0.15, 0.2) is 0 Å². The van der Waals surface area contributed by atoms with E-state index < -0.39 is 0 Å². The van der Waals surface area contributed by atoms with Crippen molar-refractivity contribution in [2.24, 2.45) is 0 Å². The summed E-state index contributed by atoms with van der Waals surface area (Å²) in [6.07, 6.45) is 0. The number of halogens is 2. The van der Waals surface area contributed by atoms with Crippen LogP contribution in [0.4, 0.5) is 4.79 Å². The van der Waals surface area contributed by atoms with Gasteiger partial charge in [0.2, 0.25) is 0 Å². The number of ether oxygens (including phenoxy) is 1. The SMILES string of the molecule is CCOC(=O)B(Br)Br.CN(C)C. The van der Waals surface area contributed by atoms with Crippen molar-refractivity contribution >= 4 is 41.7 Å². The van der Waals surface area contributed by atoms with Gasteiger partial charge in [-0.15, -0.1) is 31.5 Å². The first kappa shape index (κ1) is 15.0. The van der Waals surface area contributed by atoms with E-state index in [1.807, 2.05) is 26.0 Å². The van der Waals surface area contributed by atoms with E-state index in [-0.39, 0.29) is 10.2 Å². The maximum absolute atomic E-state index is 10.4. The van der Waals surface area contributed by atoms with Crippen molar-refractivity contribution in [2.75, 3.05) is 27.7 Å². The van der Waals surface area contributed by atoms with Crippen LogP contribution >= 0.6 is 31.5 Å². The van der Waals surface area contributed by atoms with Crippen molar-refractivity contribution in [1.82, 2.24) is 4.90 Å². The molecule has 0 saturated carbocycles. The van der Waals surface area contributed by atoms with Crippen LogP contribution in [-0.4, -0.2) is 42.9 Å². The molecule has 0 aromatic rings. The summed E-state index contributed by atoms with van der Waals surface area (Å²) in [5, 5.41) is 0. The number of carbonyl (C=O) groups is 1. The van der Waals surface area contributed by atoms with Gasteiger partial charge >= 0.3 is 4.36 Å². The Labute approximate surface area is 90.8 Å². The third-order valence-corrected chi connectivity index (χ3v) is 1.21. The minimum Gasteiger partial charge on any atom is -0.472 e. The highest BCUT2D eigenvalue weighted by Crippen LogP contribution is 2.04. The minimum absolute atomic E-state index is 0.285. The van der Waals surface area contributed by atoms with Gasteiger partial charge in [0.15, 0.2) is 0 Å². The highest BCUT2D eigenvalue weighted by atomic mass is 79.9. The van der Waals surface area contributed by atoms with Crippen molar-refractivity contribution in [3.05, 3.63) is 0 Å². The molecule has 72 valence electrons. The normalized spacial score (nSPS) is 8.58. The number of carbonyl (C=O) groups excluding carboxylic acids is 1. The molecule has 0 aromatic heterocycles. The Bertz CT molecular complexity index is 119. The molecular weight excluding hydrogens is 289 g/mol.